The summed E-state index contributed by atoms with van der Waals surface area (Å²) in [6, 6.07) is 9.87. The van der Waals surface area contributed by atoms with Gasteiger partial charge in [-0.3, -0.25) is 15.6 Å². The van der Waals surface area contributed by atoms with Crippen molar-refractivity contribution >= 4 is 39.9 Å². The lowest BCUT2D eigenvalue weighted by Crippen LogP contribution is -2.43. The first-order valence-electron chi connectivity index (χ1n) is 10.8. The fraction of sp³-hybridized carbons (Fsp3) is 0.292. The van der Waals surface area contributed by atoms with Crippen molar-refractivity contribution < 1.29 is 23.4 Å². The van der Waals surface area contributed by atoms with Gasteiger partial charge in [0.2, 0.25) is 5.75 Å². The Hall–Kier alpha value is -3.79. The highest BCUT2D eigenvalue weighted by molar-refractivity contribution is 7.80. The summed E-state index contributed by atoms with van der Waals surface area (Å²) < 4.78 is 22.2. The number of thiocarbonyl (C=S) groups is 1. The van der Waals surface area contributed by atoms with E-state index in [1.165, 1.54) is 6.07 Å². The van der Waals surface area contributed by atoms with Crippen LogP contribution < -0.4 is 36.0 Å². The van der Waals surface area contributed by atoms with Crippen molar-refractivity contribution in [1.82, 2.24) is 10.9 Å². The molecular weight excluding hydrogens is 458 g/mol. The monoisotopic (exact) mass is 485 g/mol. The molecule has 3 rings (SSSR count). The van der Waals surface area contributed by atoms with E-state index in [0.29, 0.717) is 53.9 Å². The maximum atomic E-state index is 12.8. The zero-order valence-corrected chi connectivity index (χ0v) is 20.3. The number of hydrazine groups is 1. The molecule has 0 radical (unpaired) electrons. The second-order valence-corrected chi connectivity index (χ2v) is 7.50. The minimum atomic E-state index is -0.450. The molecule has 0 saturated carbocycles. The van der Waals surface area contributed by atoms with E-state index in [9.17, 15) is 9.59 Å². The summed E-state index contributed by atoms with van der Waals surface area (Å²) in [4.78, 5) is 24.4. The van der Waals surface area contributed by atoms with E-state index < -0.39 is 11.5 Å². The highest BCUT2D eigenvalue weighted by Gasteiger charge is 2.18. The normalized spacial score (nSPS) is 10.5. The average molecular weight is 486 g/mol. The lowest BCUT2D eigenvalue weighted by atomic mass is 10.1. The van der Waals surface area contributed by atoms with Crippen LogP contribution in [0.1, 0.15) is 36.7 Å². The molecule has 0 saturated heterocycles. The number of hydrogen-bond donors (Lipinski definition) is 3. The molecule has 1 aromatic heterocycles. The van der Waals surface area contributed by atoms with Gasteiger partial charge in [0, 0.05) is 28.8 Å². The molecule has 0 aliphatic carbocycles. The number of benzene rings is 2. The van der Waals surface area contributed by atoms with Gasteiger partial charge in [-0.2, -0.15) is 0 Å². The van der Waals surface area contributed by atoms with Gasteiger partial charge in [0.1, 0.15) is 5.58 Å². The summed E-state index contributed by atoms with van der Waals surface area (Å²) in [7, 11) is 0. The Morgan fingerprint density at radius 2 is 1.59 bits per heavy atom. The molecule has 0 unspecified atom stereocenters. The topological polar surface area (TPSA) is 111 Å². The third kappa shape index (κ3) is 5.96. The van der Waals surface area contributed by atoms with E-state index in [-0.39, 0.29) is 5.11 Å². The van der Waals surface area contributed by atoms with Crippen LogP contribution in [0.5, 0.6) is 17.2 Å². The van der Waals surface area contributed by atoms with Crippen LogP contribution >= 0.6 is 12.2 Å². The van der Waals surface area contributed by atoms with Gasteiger partial charge in [0.25, 0.3) is 5.91 Å². The van der Waals surface area contributed by atoms with Gasteiger partial charge in [-0.1, -0.05) is 0 Å². The van der Waals surface area contributed by atoms with Crippen molar-refractivity contribution in [3.63, 3.8) is 0 Å². The summed E-state index contributed by atoms with van der Waals surface area (Å²) in [6.07, 6.45) is 0. The zero-order valence-electron chi connectivity index (χ0n) is 19.4. The van der Waals surface area contributed by atoms with Gasteiger partial charge >= 0.3 is 5.63 Å². The number of aryl methyl sites for hydroxylation is 1. The average Bonchev–Trinajstić information content (AvgIpc) is 2.79. The fourth-order valence-electron chi connectivity index (χ4n) is 3.27. The Bertz CT molecular complexity index is 1230. The molecular formula is C24H27N3O6S. The van der Waals surface area contributed by atoms with Gasteiger partial charge in [0.05, 0.1) is 19.8 Å². The van der Waals surface area contributed by atoms with Crippen LogP contribution in [-0.4, -0.2) is 30.8 Å². The summed E-state index contributed by atoms with van der Waals surface area (Å²) in [6.45, 7) is 8.59. The molecule has 0 fully saturated rings. The molecule has 1 amide bonds. The Balaban J connectivity index is 1.71. The predicted molar refractivity (Wildman–Crippen MR) is 134 cm³/mol. The van der Waals surface area contributed by atoms with Crippen LogP contribution in [0.4, 0.5) is 5.69 Å². The van der Waals surface area contributed by atoms with Crippen molar-refractivity contribution in [2.75, 3.05) is 25.1 Å². The number of rotatable bonds is 8. The number of carbonyl (C=O) groups is 1. The quantitative estimate of drug-likeness (QED) is 0.248. The van der Waals surface area contributed by atoms with E-state index >= 15 is 0 Å². The smallest absolute Gasteiger partial charge is 0.336 e. The van der Waals surface area contributed by atoms with E-state index in [1.807, 2.05) is 33.8 Å². The van der Waals surface area contributed by atoms with Crippen molar-refractivity contribution in [2.24, 2.45) is 0 Å². The van der Waals surface area contributed by atoms with Crippen LogP contribution in [0, 0.1) is 6.92 Å². The van der Waals surface area contributed by atoms with Crippen molar-refractivity contribution in [3.05, 3.63) is 57.9 Å². The van der Waals surface area contributed by atoms with Crippen LogP contribution in [0.15, 0.2) is 45.6 Å². The SMILES string of the molecule is CCOc1cc(C(=O)NNC(=S)Nc2ccc3c(C)cc(=O)oc3c2)cc(OCC)c1OCC. The first-order valence-corrected chi connectivity index (χ1v) is 11.2. The largest absolute Gasteiger partial charge is 0.490 e. The van der Waals surface area contributed by atoms with Crippen LogP contribution in [0.3, 0.4) is 0 Å². The number of amides is 1. The lowest BCUT2D eigenvalue weighted by molar-refractivity contribution is 0.0943. The molecule has 2 aromatic carbocycles. The van der Waals surface area contributed by atoms with Crippen LogP contribution in [-0.2, 0) is 0 Å². The molecule has 10 heteroatoms. The minimum Gasteiger partial charge on any atom is -0.490 e. The van der Waals surface area contributed by atoms with Crippen molar-refractivity contribution in [1.29, 1.82) is 0 Å². The van der Waals surface area contributed by atoms with Crippen molar-refractivity contribution in [3.8, 4) is 17.2 Å². The maximum Gasteiger partial charge on any atom is 0.336 e. The summed E-state index contributed by atoms with van der Waals surface area (Å²) in [5.74, 6) is 0.823. The van der Waals surface area contributed by atoms with Gasteiger partial charge in [-0.25, -0.2) is 4.79 Å². The second-order valence-electron chi connectivity index (χ2n) is 7.09. The molecule has 0 aliphatic heterocycles. The summed E-state index contributed by atoms with van der Waals surface area (Å²) >= 11 is 5.27. The molecule has 1 heterocycles. The van der Waals surface area contributed by atoms with Crippen molar-refractivity contribution in [2.45, 2.75) is 27.7 Å². The standard InChI is InChI=1S/C24H27N3O6S/c1-5-30-19-11-15(12-20(31-6-2)22(19)32-7-3)23(29)26-27-24(34)25-16-8-9-17-14(4)10-21(28)33-18(17)13-16/h8-13H,5-7H2,1-4H3,(H,26,29)(H2,25,27,34). The fourth-order valence-corrected chi connectivity index (χ4v) is 3.44. The molecule has 34 heavy (non-hydrogen) atoms. The Morgan fingerprint density at radius 3 is 2.21 bits per heavy atom. The van der Waals surface area contributed by atoms with Crippen LogP contribution in [0.25, 0.3) is 11.0 Å². The van der Waals surface area contributed by atoms with Gasteiger partial charge in [-0.15, -0.1) is 0 Å². The Morgan fingerprint density at radius 1 is 0.941 bits per heavy atom. The minimum absolute atomic E-state index is 0.142. The summed E-state index contributed by atoms with van der Waals surface area (Å²) in [5.41, 5.74) is 6.92. The molecule has 180 valence electrons. The maximum absolute atomic E-state index is 12.8. The van der Waals surface area contributed by atoms with Gasteiger partial charge in [-0.05, 0) is 69.7 Å². The second kappa shape index (κ2) is 11.4. The molecule has 9 nitrogen and oxygen atoms in total. The van der Waals surface area contributed by atoms with E-state index in [1.54, 1.807) is 24.3 Å². The number of nitrogens with one attached hydrogen (secondary N) is 3. The molecule has 3 N–H and O–H groups in total. The first kappa shape index (κ1) is 24.8. The Labute approximate surface area is 202 Å². The van der Waals surface area contributed by atoms with E-state index in [2.05, 4.69) is 16.2 Å². The number of ether oxygens (including phenoxy) is 3. The van der Waals surface area contributed by atoms with Crippen LogP contribution in [0.2, 0.25) is 0 Å². The first-order chi connectivity index (χ1) is 16.4. The highest BCUT2D eigenvalue weighted by atomic mass is 32.1. The predicted octanol–water partition coefficient (Wildman–Crippen LogP) is 3.93. The number of anilines is 1. The zero-order chi connectivity index (χ0) is 24.7. The third-order valence-corrected chi connectivity index (χ3v) is 4.87. The molecule has 0 aliphatic rings. The third-order valence-electron chi connectivity index (χ3n) is 4.67. The van der Waals surface area contributed by atoms with E-state index in [0.717, 1.165) is 10.9 Å². The number of fused-ring (bicyclic) bond motifs is 1. The van der Waals surface area contributed by atoms with Gasteiger partial charge < -0.3 is 23.9 Å². The number of hydrogen-bond acceptors (Lipinski definition) is 7. The Kier molecular flexibility index (Phi) is 8.31. The number of carbonyl (C=O) groups excluding carboxylic acids is 1. The van der Waals surface area contributed by atoms with Gasteiger partial charge in [0.15, 0.2) is 16.6 Å². The molecule has 0 bridgehead atoms. The van der Waals surface area contributed by atoms with E-state index in [4.69, 9.17) is 30.8 Å². The molecule has 3 aromatic rings. The lowest BCUT2D eigenvalue weighted by Gasteiger charge is -2.17. The molecule has 0 atom stereocenters. The highest BCUT2D eigenvalue weighted by Crippen LogP contribution is 2.39. The molecule has 0 spiro atoms. The summed E-state index contributed by atoms with van der Waals surface area (Å²) in [5, 5.41) is 3.91.